The molecule has 0 saturated heterocycles. The fraction of sp³-hybridized carbons (Fsp3) is 0. The van der Waals surface area contributed by atoms with Crippen LogP contribution >= 0.6 is 31.9 Å². The molecule has 1 heterocycles. The summed E-state index contributed by atoms with van der Waals surface area (Å²) in [5.41, 5.74) is 2.50. The number of ketones is 1. The first-order valence-corrected chi connectivity index (χ1v) is 7.70. The van der Waals surface area contributed by atoms with Crippen molar-refractivity contribution >= 4 is 48.5 Å². The van der Waals surface area contributed by atoms with Crippen LogP contribution in [-0.2, 0) is 0 Å². The molecule has 0 amide bonds. The summed E-state index contributed by atoms with van der Waals surface area (Å²) < 4.78 is 1.58. The number of nitriles is 1. The number of carbonyl (C=O) groups excluding carboxylic acids is 1. The maximum absolute atomic E-state index is 12.7. The summed E-state index contributed by atoms with van der Waals surface area (Å²) in [7, 11) is 0. The van der Waals surface area contributed by atoms with Gasteiger partial charge in [-0.2, -0.15) is 5.26 Å². The normalized spacial score (nSPS) is 10.5. The molecule has 0 radical (unpaired) electrons. The fourth-order valence-electron chi connectivity index (χ4n) is 2.19. The van der Waals surface area contributed by atoms with E-state index in [9.17, 15) is 4.79 Å². The van der Waals surface area contributed by atoms with Crippen molar-refractivity contribution in [3.05, 3.63) is 68.2 Å². The molecule has 3 nitrogen and oxygen atoms in total. The Morgan fingerprint density at radius 1 is 1.10 bits per heavy atom. The molecule has 102 valence electrons. The van der Waals surface area contributed by atoms with Crippen LogP contribution in [0.25, 0.3) is 10.9 Å². The molecule has 0 atom stereocenters. The van der Waals surface area contributed by atoms with Gasteiger partial charge in [0.2, 0.25) is 0 Å². The third-order valence-corrected chi connectivity index (χ3v) is 4.41. The largest absolute Gasteiger partial charge is 0.360 e. The molecule has 0 saturated carbocycles. The Morgan fingerprint density at radius 2 is 1.90 bits per heavy atom. The first-order chi connectivity index (χ1) is 10.1. The van der Waals surface area contributed by atoms with Gasteiger partial charge in [-0.1, -0.05) is 31.9 Å². The average molecular weight is 404 g/mol. The number of hydrogen-bond donors (Lipinski definition) is 1. The summed E-state index contributed by atoms with van der Waals surface area (Å²) in [6.45, 7) is 0. The second kappa shape index (κ2) is 5.47. The summed E-state index contributed by atoms with van der Waals surface area (Å²) in [6, 6.07) is 12.8. The number of benzene rings is 2. The molecule has 0 spiro atoms. The predicted molar refractivity (Wildman–Crippen MR) is 88.3 cm³/mol. The molecular weight excluding hydrogens is 396 g/mol. The topological polar surface area (TPSA) is 56.6 Å². The lowest BCUT2D eigenvalue weighted by Crippen LogP contribution is -2.01. The minimum absolute atomic E-state index is 0.0930. The Morgan fingerprint density at radius 3 is 2.67 bits per heavy atom. The van der Waals surface area contributed by atoms with E-state index >= 15 is 0 Å². The van der Waals surface area contributed by atoms with Gasteiger partial charge in [0.25, 0.3) is 0 Å². The van der Waals surface area contributed by atoms with Gasteiger partial charge in [0.15, 0.2) is 5.78 Å². The molecule has 0 unspecified atom stereocenters. The van der Waals surface area contributed by atoms with Crippen molar-refractivity contribution < 1.29 is 4.79 Å². The summed E-state index contributed by atoms with van der Waals surface area (Å²) in [6.07, 6.45) is 1.68. The minimum atomic E-state index is -0.0930. The number of rotatable bonds is 2. The highest BCUT2D eigenvalue weighted by Gasteiger charge is 2.17. The summed E-state index contributed by atoms with van der Waals surface area (Å²) in [4.78, 5) is 15.8. The van der Waals surface area contributed by atoms with E-state index in [4.69, 9.17) is 5.26 Å². The van der Waals surface area contributed by atoms with Gasteiger partial charge in [-0.15, -0.1) is 0 Å². The van der Waals surface area contributed by atoms with E-state index < -0.39 is 0 Å². The zero-order valence-corrected chi connectivity index (χ0v) is 13.8. The van der Waals surface area contributed by atoms with Crippen molar-refractivity contribution in [3.8, 4) is 6.07 Å². The molecule has 1 aromatic heterocycles. The van der Waals surface area contributed by atoms with Crippen LogP contribution in [0.2, 0.25) is 0 Å². The summed E-state index contributed by atoms with van der Waals surface area (Å²) in [5, 5.41) is 9.76. The van der Waals surface area contributed by atoms with Gasteiger partial charge in [0.05, 0.1) is 11.6 Å². The van der Waals surface area contributed by atoms with E-state index in [0.717, 1.165) is 19.8 Å². The Kier molecular flexibility index (Phi) is 3.66. The number of carbonyl (C=O) groups is 1. The van der Waals surface area contributed by atoms with Gasteiger partial charge < -0.3 is 4.98 Å². The van der Waals surface area contributed by atoms with E-state index in [1.165, 1.54) is 0 Å². The lowest BCUT2D eigenvalue weighted by atomic mass is 10.0. The predicted octanol–water partition coefficient (Wildman–Crippen LogP) is 4.80. The fourth-order valence-corrected chi connectivity index (χ4v) is 2.98. The quantitative estimate of drug-likeness (QED) is 0.625. The average Bonchev–Trinajstić information content (AvgIpc) is 2.91. The number of aromatic nitrogens is 1. The number of fused-ring (bicyclic) bond motifs is 1. The van der Waals surface area contributed by atoms with Crippen LogP contribution in [0.3, 0.4) is 0 Å². The monoisotopic (exact) mass is 402 g/mol. The van der Waals surface area contributed by atoms with Crippen molar-refractivity contribution in [2.24, 2.45) is 0 Å². The Bertz CT molecular complexity index is 906. The summed E-state index contributed by atoms with van der Waals surface area (Å²) in [5.74, 6) is -0.0930. The van der Waals surface area contributed by atoms with Crippen LogP contribution in [0.5, 0.6) is 0 Å². The van der Waals surface area contributed by atoms with Gasteiger partial charge in [0, 0.05) is 37.2 Å². The van der Waals surface area contributed by atoms with Crippen LogP contribution in [-0.4, -0.2) is 10.8 Å². The number of aromatic amines is 1. The molecule has 0 aliphatic carbocycles. The van der Waals surface area contributed by atoms with Crippen molar-refractivity contribution in [1.82, 2.24) is 4.98 Å². The van der Waals surface area contributed by atoms with Gasteiger partial charge in [0.1, 0.15) is 0 Å². The van der Waals surface area contributed by atoms with E-state index in [2.05, 4.69) is 42.9 Å². The number of H-pyrrole nitrogens is 1. The molecule has 0 aliphatic rings. The van der Waals surface area contributed by atoms with E-state index in [-0.39, 0.29) is 5.78 Å². The van der Waals surface area contributed by atoms with Crippen LogP contribution in [0.1, 0.15) is 21.5 Å². The molecule has 0 aliphatic heterocycles. The smallest absolute Gasteiger partial charge is 0.196 e. The highest BCUT2D eigenvalue weighted by Crippen LogP contribution is 2.27. The van der Waals surface area contributed by atoms with Crippen LogP contribution in [0, 0.1) is 11.3 Å². The maximum atomic E-state index is 12.7. The van der Waals surface area contributed by atoms with Crippen molar-refractivity contribution in [2.45, 2.75) is 0 Å². The second-order valence-corrected chi connectivity index (χ2v) is 6.30. The van der Waals surface area contributed by atoms with Gasteiger partial charge in [-0.25, -0.2) is 0 Å². The molecule has 21 heavy (non-hydrogen) atoms. The molecule has 2 aromatic carbocycles. The first kappa shape index (κ1) is 14.1. The summed E-state index contributed by atoms with van der Waals surface area (Å²) >= 11 is 6.78. The third kappa shape index (κ3) is 2.53. The standard InChI is InChI=1S/C16H8Br2N2O/c17-10-2-3-14(18)12(6-10)16(21)13-8-20-15-4-1-9(7-19)5-11(13)15/h1-6,8,20H. The number of nitrogens with one attached hydrogen (secondary N) is 1. The van der Waals surface area contributed by atoms with Crippen molar-refractivity contribution in [2.75, 3.05) is 0 Å². The van der Waals surface area contributed by atoms with Crippen LogP contribution < -0.4 is 0 Å². The van der Waals surface area contributed by atoms with E-state index in [1.54, 1.807) is 30.5 Å². The molecule has 0 fully saturated rings. The maximum Gasteiger partial charge on any atom is 0.196 e. The second-order valence-electron chi connectivity index (χ2n) is 4.53. The number of halogens is 2. The Balaban J connectivity index is 2.18. The zero-order chi connectivity index (χ0) is 15.0. The molecule has 3 rings (SSSR count). The van der Waals surface area contributed by atoms with Crippen LogP contribution in [0.4, 0.5) is 0 Å². The molecule has 1 N–H and O–H groups in total. The van der Waals surface area contributed by atoms with E-state index in [0.29, 0.717) is 16.7 Å². The third-order valence-electron chi connectivity index (χ3n) is 3.23. The highest BCUT2D eigenvalue weighted by molar-refractivity contribution is 9.11. The number of nitrogens with zero attached hydrogens (tertiary/aromatic N) is 1. The lowest BCUT2D eigenvalue weighted by molar-refractivity contribution is 0.103. The molecule has 5 heteroatoms. The molecule has 3 aromatic rings. The minimum Gasteiger partial charge on any atom is -0.360 e. The van der Waals surface area contributed by atoms with Gasteiger partial charge >= 0.3 is 0 Å². The van der Waals surface area contributed by atoms with Gasteiger partial charge in [-0.05, 0) is 36.4 Å². The highest BCUT2D eigenvalue weighted by atomic mass is 79.9. The Hall–Kier alpha value is -1.90. The number of hydrogen-bond acceptors (Lipinski definition) is 2. The first-order valence-electron chi connectivity index (χ1n) is 6.11. The Labute approximate surface area is 137 Å². The molecular formula is C16H8Br2N2O. The van der Waals surface area contributed by atoms with Gasteiger partial charge in [-0.3, -0.25) is 4.79 Å². The lowest BCUT2D eigenvalue weighted by Gasteiger charge is -2.04. The van der Waals surface area contributed by atoms with E-state index in [1.807, 2.05) is 12.1 Å². The van der Waals surface area contributed by atoms with Crippen molar-refractivity contribution in [3.63, 3.8) is 0 Å². The zero-order valence-electron chi connectivity index (χ0n) is 10.7. The van der Waals surface area contributed by atoms with Crippen LogP contribution in [0.15, 0.2) is 51.5 Å². The SMILES string of the molecule is N#Cc1ccc2[nH]cc(C(=O)c3cc(Br)ccc3Br)c2c1. The van der Waals surface area contributed by atoms with Crippen molar-refractivity contribution in [1.29, 1.82) is 5.26 Å². The molecule has 0 bridgehead atoms.